The fraction of sp³-hybridized carbons (Fsp3) is 0.571. The van der Waals surface area contributed by atoms with Gasteiger partial charge in [0.05, 0.1) is 21.3 Å². The molecule has 0 atom stereocenters. The van der Waals surface area contributed by atoms with Crippen molar-refractivity contribution >= 4 is 11.8 Å². The minimum atomic E-state index is 0.204. The molecule has 0 saturated heterocycles. The molecule has 18 heavy (non-hydrogen) atoms. The van der Waals surface area contributed by atoms with Crippen LogP contribution < -0.4 is 14.2 Å². The Bertz CT molecular complexity index is 372. The maximum Gasteiger partial charge on any atom is 0.130 e. The van der Waals surface area contributed by atoms with Crippen LogP contribution in [0.2, 0.25) is 0 Å². The Morgan fingerprint density at radius 1 is 0.944 bits per heavy atom. The van der Waals surface area contributed by atoms with E-state index in [0.29, 0.717) is 0 Å². The quantitative estimate of drug-likeness (QED) is 0.814. The van der Waals surface area contributed by atoms with Gasteiger partial charge >= 0.3 is 0 Å². The molecule has 0 aliphatic heterocycles. The molecule has 0 unspecified atom stereocenters. The van der Waals surface area contributed by atoms with E-state index >= 15 is 0 Å². The van der Waals surface area contributed by atoms with E-state index in [0.717, 1.165) is 28.6 Å². The van der Waals surface area contributed by atoms with Crippen LogP contribution in [-0.2, 0) is 5.75 Å². The van der Waals surface area contributed by atoms with E-state index in [1.54, 1.807) is 21.3 Å². The molecule has 0 spiro atoms. The lowest BCUT2D eigenvalue weighted by atomic mass is 10.2. The first-order chi connectivity index (χ1) is 8.41. The molecule has 102 valence electrons. The lowest BCUT2D eigenvalue weighted by Crippen LogP contribution is -2.08. The van der Waals surface area contributed by atoms with Crippen LogP contribution in [0.1, 0.15) is 26.3 Å². The standard InChI is InChI=1S/C14H22O3S/c1-14(2,3)18-9-11-12(16-5)7-10(15-4)8-13(11)17-6/h7-8H,9H2,1-6H3. The molecule has 0 bridgehead atoms. The molecule has 1 aromatic rings. The van der Waals surface area contributed by atoms with Crippen LogP contribution in [0, 0.1) is 0 Å². The van der Waals surface area contributed by atoms with Crippen LogP contribution in [0.5, 0.6) is 17.2 Å². The van der Waals surface area contributed by atoms with E-state index in [1.807, 2.05) is 23.9 Å². The van der Waals surface area contributed by atoms with Crippen molar-refractivity contribution in [2.24, 2.45) is 0 Å². The molecule has 0 aliphatic rings. The first-order valence-electron chi connectivity index (χ1n) is 5.84. The molecule has 0 saturated carbocycles. The molecule has 3 nitrogen and oxygen atoms in total. The Morgan fingerprint density at radius 3 is 1.78 bits per heavy atom. The number of hydrogen-bond donors (Lipinski definition) is 0. The smallest absolute Gasteiger partial charge is 0.130 e. The molecule has 0 aromatic heterocycles. The Morgan fingerprint density at radius 2 is 1.44 bits per heavy atom. The van der Waals surface area contributed by atoms with Gasteiger partial charge in [-0.25, -0.2) is 0 Å². The molecule has 1 rings (SSSR count). The Kier molecular flexibility index (Phi) is 5.20. The van der Waals surface area contributed by atoms with Crippen LogP contribution >= 0.6 is 11.8 Å². The van der Waals surface area contributed by atoms with Crippen molar-refractivity contribution < 1.29 is 14.2 Å². The number of benzene rings is 1. The van der Waals surface area contributed by atoms with Crippen molar-refractivity contribution in [2.75, 3.05) is 21.3 Å². The van der Waals surface area contributed by atoms with E-state index in [9.17, 15) is 0 Å². The fourth-order valence-corrected chi connectivity index (χ4v) is 2.37. The van der Waals surface area contributed by atoms with E-state index in [2.05, 4.69) is 20.8 Å². The zero-order valence-electron chi connectivity index (χ0n) is 12.0. The summed E-state index contributed by atoms with van der Waals surface area (Å²) in [5.74, 6) is 3.21. The number of rotatable bonds is 5. The Hall–Kier alpha value is -1.03. The van der Waals surface area contributed by atoms with Crippen LogP contribution in [0.15, 0.2) is 12.1 Å². The van der Waals surface area contributed by atoms with Crippen LogP contribution in [0.25, 0.3) is 0 Å². The first kappa shape index (κ1) is 15.0. The summed E-state index contributed by atoms with van der Waals surface area (Å²) in [6.45, 7) is 6.58. The van der Waals surface area contributed by atoms with Gasteiger partial charge < -0.3 is 14.2 Å². The maximum atomic E-state index is 5.42. The van der Waals surface area contributed by atoms with E-state index in [4.69, 9.17) is 14.2 Å². The third-order valence-electron chi connectivity index (χ3n) is 2.47. The molecule has 0 amide bonds. The minimum absolute atomic E-state index is 0.204. The second kappa shape index (κ2) is 6.23. The van der Waals surface area contributed by atoms with E-state index in [-0.39, 0.29) is 4.75 Å². The zero-order chi connectivity index (χ0) is 13.8. The van der Waals surface area contributed by atoms with Gasteiger partial charge in [0.1, 0.15) is 17.2 Å². The predicted molar refractivity (Wildman–Crippen MR) is 77.1 cm³/mol. The third-order valence-corrected chi connectivity index (χ3v) is 3.77. The van der Waals surface area contributed by atoms with Crippen molar-refractivity contribution in [3.05, 3.63) is 17.7 Å². The summed E-state index contributed by atoms with van der Waals surface area (Å²) >= 11 is 1.86. The van der Waals surface area contributed by atoms with Gasteiger partial charge in [-0.05, 0) is 0 Å². The minimum Gasteiger partial charge on any atom is -0.496 e. The molecule has 0 radical (unpaired) electrons. The predicted octanol–water partition coefficient (Wildman–Crippen LogP) is 3.74. The van der Waals surface area contributed by atoms with Crippen molar-refractivity contribution in [3.8, 4) is 17.2 Å². The highest BCUT2D eigenvalue weighted by Crippen LogP contribution is 2.39. The number of thioether (sulfide) groups is 1. The summed E-state index contributed by atoms with van der Waals surface area (Å²) in [6.07, 6.45) is 0. The highest BCUT2D eigenvalue weighted by Gasteiger charge is 2.17. The molecule has 0 aliphatic carbocycles. The average molecular weight is 270 g/mol. The third kappa shape index (κ3) is 4.02. The van der Waals surface area contributed by atoms with Crippen molar-refractivity contribution in [3.63, 3.8) is 0 Å². The lowest BCUT2D eigenvalue weighted by molar-refractivity contribution is 0.371. The molecule has 4 heteroatoms. The van der Waals surface area contributed by atoms with Gasteiger partial charge in [0.2, 0.25) is 0 Å². The maximum absolute atomic E-state index is 5.42. The largest absolute Gasteiger partial charge is 0.496 e. The molecule has 0 N–H and O–H groups in total. The summed E-state index contributed by atoms with van der Waals surface area (Å²) in [5, 5.41) is 0. The number of hydrogen-bond acceptors (Lipinski definition) is 4. The van der Waals surface area contributed by atoms with Crippen molar-refractivity contribution in [1.82, 2.24) is 0 Å². The fourth-order valence-electron chi connectivity index (χ4n) is 1.51. The van der Waals surface area contributed by atoms with Crippen molar-refractivity contribution in [2.45, 2.75) is 31.3 Å². The van der Waals surface area contributed by atoms with Crippen molar-refractivity contribution in [1.29, 1.82) is 0 Å². The highest BCUT2D eigenvalue weighted by atomic mass is 32.2. The van der Waals surface area contributed by atoms with E-state index < -0.39 is 0 Å². The summed E-state index contributed by atoms with van der Waals surface area (Å²) in [5.41, 5.74) is 1.07. The van der Waals surface area contributed by atoms with Crippen LogP contribution in [0.3, 0.4) is 0 Å². The Balaban J connectivity index is 3.07. The first-order valence-corrected chi connectivity index (χ1v) is 6.82. The summed E-state index contributed by atoms with van der Waals surface area (Å²) in [6, 6.07) is 3.78. The van der Waals surface area contributed by atoms with E-state index in [1.165, 1.54) is 0 Å². The highest BCUT2D eigenvalue weighted by molar-refractivity contribution is 7.99. The number of methoxy groups -OCH3 is 3. The molecule has 1 aromatic carbocycles. The SMILES string of the molecule is COc1cc(OC)c(CSC(C)(C)C)c(OC)c1. The molecular weight excluding hydrogens is 248 g/mol. The van der Waals surface area contributed by atoms with Gasteiger partial charge in [-0.1, -0.05) is 20.8 Å². The zero-order valence-corrected chi connectivity index (χ0v) is 12.8. The normalized spacial score (nSPS) is 11.2. The monoisotopic (exact) mass is 270 g/mol. The molecule has 0 fully saturated rings. The summed E-state index contributed by atoms with van der Waals surface area (Å²) < 4.78 is 16.3. The van der Waals surface area contributed by atoms with Crippen LogP contribution in [-0.4, -0.2) is 26.1 Å². The average Bonchev–Trinajstić information content (AvgIpc) is 2.34. The van der Waals surface area contributed by atoms with Gasteiger partial charge in [0.25, 0.3) is 0 Å². The second-order valence-corrected chi connectivity index (χ2v) is 6.71. The molecule has 0 heterocycles. The second-order valence-electron chi connectivity index (χ2n) is 4.91. The van der Waals surface area contributed by atoms with Gasteiger partial charge in [-0.2, -0.15) is 11.8 Å². The number of ether oxygens (including phenoxy) is 3. The van der Waals surface area contributed by atoms with Gasteiger partial charge in [-0.3, -0.25) is 0 Å². The van der Waals surface area contributed by atoms with Crippen LogP contribution in [0.4, 0.5) is 0 Å². The van der Waals surface area contributed by atoms with Gasteiger partial charge in [0, 0.05) is 28.2 Å². The van der Waals surface area contributed by atoms with Gasteiger partial charge in [0.15, 0.2) is 0 Å². The summed E-state index contributed by atoms with van der Waals surface area (Å²) in [4.78, 5) is 0. The molecular formula is C14H22O3S. The Labute approximate surface area is 114 Å². The topological polar surface area (TPSA) is 27.7 Å². The van der Waals surface area contributed by atoms with Gasteiger partial charge in [-0.15, -0.1) is 0 Å². The summed E-state index contributed by atoms with van der Waals surface area (Å²) in [7, 11) is 4.97. The lowest BCUT2D eigenvalue weighted by Gasteiger charge is -2.20.